The van der Waals surface area contributed by atoms with Crippen molar-refractivity contribution in [3.63, 3.8) is 0 Å². The summed E-state index contributed by atoms with van der Waals surface area (Å²) in [5.74, 6) is 0. The fourth-order valence-corrected chi connectivity index (χ4v) is 2.58. The van der Waals surface area contributed by atoms with Gasteiger partial charge in [-0.1, -0.05) is 30.3 Å². The second-order valence-corrected chi connectivity index (χ2v) is 4.94. The maximum Gasteiger partial charge on any atom is 0.0463 e. The van der Waals surface area contributed by atoms with Gasteiger partial charge < -0.3 is 0 Å². The van der Waals surface area contributed by atoms with Gasteiger partial charge >= 0.3 is 0 Å². The minimum absolute atomic E-state index is 0.338. The van der Waals surface area contributed by atoms with Gasteiger partial charge in [-0.05, 0) is 31.9 Å². The van der Waals surface area contributed by atoms with E-state index < -0.39 is 0 Å². The van der Waals surface area contributed by atoms with Crippen molar-refractivity contribution in [2.24, 2.45) is 0 Å². The number of hydrogen-bond donors (Lipinski definition) is 0. The first-order valence-corrected chi connectivity index (χ1v) is 6.14. The molecular formula is C13H18ClN. The number of benzene rings is 1. The number of rotatable bonds is 2. The molecular weight excluding hydrogens is 206 g/mol. The van der Waals surface area contributed by atoms with Crippen LogP contribution in [0.3, 0.4) is 0 Å². The SMILES string of the molecule is C[C@H](c1ccccc1)N1CCC[C@@H](Cl)C1. The standard InChI is InChI=1S/C13H18ClN/c1-11(12-6-3-2-4-7-12)15-9-5-8-13(14)10-15/h2-4,6-7,11,13H,5,8-10H2,1H3/t11-,13-/m1/s1. The topological polar surface area (TPSA) is 3.24 Å². The van der Waals surface area contributed by atoms with Crippen LogP contribution in [0.1, 0.15) is 31.4 Å². The van der Waals surface area contributed by atoms with Gasteiger partial charge in [0.2, 0.25) is 0 Å². The number of likely N-dealkylation sites (tertiary alicyclic amines) is 1. The summed E-state index contributed by atoms with van der Waals surface area (Å²) in [6.07, 6.45) is 2.39. The molecule has 2 atom stereocenters. The Labute approximate surface area is 97.0 Å². The van der Waals surface area contributed by atoms with E-state index in [0.29, 0.717) is 11.4 Å². The summed E-state index contributed by atoms with van der Waals surface area (Å²) in [4.78, 5) is 2.48. The number of alkyl halides is 1. The molecule has 0 saturated carbocycles. The molecule has 1 saturated heterocycles. The molecule has 0 amide bonds. The molecule has 1 nitrogen and oxygen atoms in total. The summed E-state index contributed by atoms with van der Waals surface area (Å²) >= 11 is 6.20. The summed E-state index contributed by atoms with van der Waals surface area (Å²) in [5.41, 5.74) is 1.39. The van der Waals surface area contributed by atoms with Crippen molar-refractivity contribution in [3.05, 3.63) is 35.9 Å². The third-order valence-electron chi connectivity index (χ3n) is 3.22. The maximum atomic E-state index is 6.20. The summed E-state index contributed by atoms with van der Waals surface area (Å²) in [5, 5.41) is 0.338. The lowest BCUT2D eigenvalue weighted by Gasteiger charge is -2.34. The number of hydrogen-bond acceptors (Lipinski definition) is 1. The van der Waals surface area contributed by atoms with Crippen molar-refractivity contribution in [2.75, 3.05) is 13.1 Å². The van der Waals surface area contributed by atoms with Gasteiger partial charge in [0, 0.05) is 18.0 Å². The van der Waals surface area contributed by atoms with E-state index in [0.717, 1.165) is 6.54 Å². The molecule has 0 aliphatic carbocycles. The fourth-order valence-electron chi connectivity index (χ4n) is 2.25. The number of piperidine rings is 1. The monoisotopic (exact) mass is 223 g/mol. The predicted molar refractivity (Wildman–Crippen MR) is 65.3 cm³/mol. The van der Waals surface area contributed by atoms with Gasteiger partial charge in [-0.2, -0.15) is 0 Å². The predicted octanol–water partition coefficient (Wildman–Crippen LogP) is 3.45. The summed E-state index contributed by atoms with van der Waals surface area (Å²) in [6.45, 7) is 4.47. The zero-order valence-electron chi connectivity index (χ0n) is 9.20. The highest BCUT2D eigenvalue weighted by molar-refractivity contribution is 6.20. The molecule has 0 spiro atoms. The summed E-state index contributed by atoms with van der Waals surface area (Å²) in [6, 6.07) is 11.2. The molecule has 1 heterocycles. The van der Waals surface area contributed by atoms with Crippen LogP contribution < -0.4 is 0 Å². The van der Waals surface area contributed by atoms with Crippen molar-refractivity contribution < 1.29 is 0 Å². The Morgan fingerprint density at radius 2 is 2.07 bits per heavy atom. The zero-order valence-corrected chi connectivity index (χ0v) is 9.95. The molecule has 0 bridgehead atoms. The molecule has 2 rings (SSSR count). The van der Waals surface area contributed by atoms with Crippen LogP contribution in [0, 0.1) is 0 Å². The Morgan fingerprint density at radius 3 is 2.73 bits per heavy atom. The summed E-state index contributed by atoms with van der Waals surface area (Å²) in [7, 11) is 0. The Bertz CT molecular complexity index is 299. The number of halogens is 1. The minimum atomic E-state index is 0.338. The van der Waals surface area contributed by atoms with Gasteiger partial charge in [0.25, 0.3) is 0 Å². The lowest BCUT2D eigenvalue weighted by Crippen LogP contribution is -2.37. The smallest absolute Gasteiger partial charge is 0.0463 e. The molecule has 82 valence electrons. The molecule has 0 N–H and O–H groups in total. The second-order valence-electron chi connectivity index (χ2n) is 4.32. The van der Waals surface area contributed by atoms with Gasteiger partial charge in [-0.25, -0.2) is 0 Å². The van der Waals surface area contributed by atoms with Gasteiger partial charge in [0.1, 0.15) is 0 Å². The zero-order chi connectivity index (χ0) is 10.7. The van der Waals surface area contributed by atoms with Crippen molar-refractivity contribution in [1.82, 2.24) is 4.90 Å². The van der Waals surface area contributed by atoms with Crippen LogP contribution in [0.2, 0.25) is 0 Å². The quantitative estimate of drug-likeness (QED) is 0.695. The van der Waals surface area contributed by atoms with Gasteiger partial charge in [0.05, 0.1) is 0 Å². The molecule has 1 aromatic carbocycles. The fraction of sp³-hybridized carbons (Fsp3) is 0.538. The molecule has 0 aromatic heterocycles. The Morgan fingerprint density at radius 1 is 1.33 bits per heavy atom. The first kappa shape index (κ1) is 11.0. The molecule has 1 aromatic rings. The van der Waals surface area contributed by atoms with Crippen molar-refractivity contribution in [1.29, 1.82) is 0 Å². The molecule has 1 fully saturated rings. The van der Waals surface area contributed by atoms with E-state index in [4.69, 9.17) is 11.6 Å². The van der Waals surface area contributed by atoms with E-state index in [2.05, 4.69) is 42.2 Å². The van der Waals surface area contributed by atoms with E-state index >= 15 is 0 Å². The van der Waals surface area contributed by atoms with Crippen LogP contribution in [0.5, 0.6) is 0 Å². The third kappa shape index (κ3) is 2.73. The van der Waals surface area contributed by atoms with E-state index in [1.165, 1.54) is 24.9 Å². The van der Waals surface area contributed by atoms with Gasteiger partial charge in [-0.3, -0.25) is 4.90 Å². The highest BCUT2D eigenvalue weighted by Crippen LogP contribution is 2.25. The lowest BCUT2D eigenvalue weighted by atomic mass is 10.0. The molecule has 0 radical (unpaired) electrons. The Hall–Kier alpha value is -0.530. The van der Waals surface area contributed by atoms with Crippen LogP contribution >= 0.6 is 11.6 Å². The minimum Gasteiger partial charge on any atom is -0.295 e. The van der Waals surface area contributed by atoms with Crippen LogP contribution in [0.25, 0.3) is 0 Å². The molecule has 0 unspecified atom stereocenters. The summed E-state index contributed by atoms with van der Waals surface area (Å²) < 4.78 is 0. The highest BCUT2D eigenvalue weighted by atomic mass is 35.5. The first-order chi connectivity index (χ1) is 7.27. The number of nitrogens with zero attached hydrogens (tertiary/aromatic N) is 1. The van der Waals surface area contributed by atoms with E-state index in [1.54, 1.807) is 0 Å². The van der Waals surface area contributed by atoms with Crippen molar-refractivity contribution in [3.8, 4) is 0 Å². The van der Waals surface area contributed by atoms with Gasteiger partial charge in [0.15, 0.2) is 0 Å². The average molecular weight is 224 g/mol. The molecule has 2 heteroatoms. The Kier molecular flexibility index (Phi) is 3.66. The van der Waals surface area contributed by atoms with Crippen LogP contribution in [-0.2, 0) is 0 Å². The first-order valence-electron chi connectivity index (χ1n) is 5.70. The molecule has 1 aliphatic rings. The lowest BCUT2D eigenvalue weighted by molar-refractivity contribution is 0.177. The highest BCUT2D eigenvalue weighted by Gasteiger charge is 2.22. The largest absolute Gasteiger partial charge is 0.295 e. The normalized spacial score (nSPS) is 25.1. The second kappa shape index (κ2) is 5.00. The van der Waals surface area contributed by atoms with Crippen molar-refractivity contribution >= 4 is 11.6 Å². The van der Waals surface area contributed by atoms with Crippen LogP contribution in [0.15, 0.2) is 30.3 Å². The maximum absolute atomic E-state index is 6.20. The van der Waals surface area contributed by atoms with Crippen molar-refractivity contribution in [2.45, 2.75) is 31.2 Å². The molecule has 15 heavy (non-hydrogen) atoms. The van der Waals surface area contributed by atoms with E-state index in [9.17, 15) is 0 Å². The van der Waals surface area contributed by atoms with Gasteiger partial charge in [-0.15, -0.1) is 11.6 Å². The Balaban J connectivity index is 2.04. The average Bonchev–Trinajstić information content (AvgIpc) is 2.29. The van der Waals surface area contributed by atoms with E-state index in [-0.39, 0.29) is 0 Å². The van der Waals surface area contributed by atoms with Crippen LogP contribution in [0.4, 0.5) is 0 Å². The third-order valence-corrected chi connectivity index (χ3v) is 3.58. The van der Waals surface area contributed by atoms with E-state index in [1.807, 2.05) is 0 Å². The molecule has 1 aliphatic heterocycles. The van der Waals surface area contributed by atoms with Crippen LogP contribution in [-0.4, -0.2) is 23.4 Å².